The number of nitrogens with two attached hydrogens (primary N) is 1. The molecule has 0 bridgehead atoms. The van der Waals surface area contributed by atoms with Crippen molar-refractivity contribution in [3.05, 3.63) is 28.2 Å². The molecule has 20 heavy (non-hydrogen) atoms. The number of piperazine rings is 1. The number of amides is 2. The molecule has 2 rings (SSSR count). The van der Waals surface area contributed by atoms with Gasteiger partial charge < -0.3 is 10.6 Å². The quantitative estimate of drug-likeness (QED) is 0.822. The first-order chi connectivity index (χ1) is 9.43. The first kappa shape index (κ1) is 15.0. The van der Waals surface area contributed by atoms with E-state index in [-0.39, 0.29) is 30.4 Å². The molecule has 5 nitrogen and oxygen atoms in total. The largest absolute Gasteiger partial charge is 0.350 e. The second kappa shape index (κ2) is 5.93. The van der Waals surface area contributed by atoms with Gasteiger partial charge in [-0.25, -0.2) is 0 Å². The number of nitrogens with one attached hydrogen (secondary N) is 1. The maximum absolute atomic E-state index is 11.9. The van der Waals surface area contributed by atoms with Crippen LogP contribution in [0.4, 0.5) is 5.69 Å². The summed E-state index contributed by atoms with van der Waals surface area (Å²) in [6, 6.07) is 5.34. The Hall–Kier alpha value is -1.40. The first-order valence-electron chi connectivity index (χ1n) is 6.59. The summed E-state index contributed by atoms with van der Waals surface area (Å²) in [5.41, 5.74) is 7.72. The van der Waals surface area contributed by atoms with E-state index in [1.54, 1.807) is 0 Å². The zero-order valence-electron chi connectivity index (χ0n) is 11.5. The number of nitrogens with zero attached hydrogens (tertiary/aromatic N) is 1. The molecular weight excluding hydrogens is 322 g/mol. The van der Waals surface area contributed by atoms with Crippen molar-refractivity contribution in [2.45, 2.75) is 32.4 Å². The van der Waals surface area contributed by atoms with Crippen LogP contribution < -0.4 is 16.0 Å². The molecule has 108 valence electrons. The molecule has 0 aromatic heterocycles. The minimum atomic E-state index is -0.319. The van der Waals surface area contributed by atoms with E-state index in [2.05, 4.69) is 21.2 Å². The van der Waals surface area contributed by atoms with Crippen LogP contribution in [0.15, 0.2) is 22.7 Å². The Labute approximate surface area is 126 Å². The van der Waals surface area contributed by atoms with Crippen LogP contribution in [0, 0.1) is 0 Å². The maximum Gasteiger partial charge on any atom is 0.249 e. The summed E-state index contributed by atoms with van der Waals surface area (Å²) in [5.74, 6) is -0.511. The number of anilines is 1. The Kier molecular flexibility index (Phi) is 4.45. The lowest BCUT2D eigenvalue weighted by Crippen LogP contribution is -2.58. The molecule has 1 aromatic carbocycles. The van der Waals surface area contributed by atoms with Gasteiger partial charge >= 0.3 is 0 Å². The van der Waals surface area contributed by atoms with Crippen LogP contribution >= 0.6 is 15.9 Å². The fourth-order valence-corrected chi connectivity index (χ4v) is 3.14. The van der Waals surface area contributed by atoms with Crippen molar-refractivity contribution >= 4 is 33.4 Å². The fourth-order valence-electron chi connectivity index (χ4n) is 2.41. The summed E-state index contributed by atoms with van der Waals surface area (Å²) in [4.78, 5) is 25.3. The summed E-state index contributed by atoms with van der Waals surface area (Å²) >= 11 is 3.49. The number of hydrogen-bond donors (Lipinski definition) is 2. The average Bonchev–Trinajstić information content (AvgIpc) is 2.37. The van der Waals surface area contributed by atoms with Crippen LogP contribution in [0.3, 0.4) is 0 Å². The van der Waals surface area contributed by atoms with Crippen LogP contribution in [0.25, 0.3) is 0 Å². The highest BCUT2D eigenvalue weighted by atomic mass is 79.9. The molecule has 1 heterocycles. The number of hydrogen-bond acceptors (Lipinski definition) is 4. The molecule has 3 N–H and O–H groups in total. The highest BCUT2D eigenvalue weighted by molar-refractivity contribution is 9.10. The van der Waals surface area contributed by atoms with E-state index < -0.39 is 0 Å². The van der Waals surface area contributed by atoms with Gasteiger partial charge in [0.15, 0.2) is 0 Å². The van der Waals surface area contributed by atoms with Crippen molar-refractivity contribution in [3.63, 3.8) is 0 Å². The molecule has 1 unspecified atom stereocenters. The Morgan fingerprint density at radius 2 is 2.20 bits per heavy atom. The van der Waals surface area contributed by atoms with Crippen molar-refractivity contribution in [2.24, 2.45) is 5.73 Å². The Morgan fingerprint density at radius 1 is 1.50 bits per heavy atom. The van der Waals surface area contributed by atoms with Gasteiger partial charge in [0, 0.05) is 16.2 Å². The summed E-state index contributed by atoms with van der Waals surface area (Å²) in [6.07, 6.45) is 0.645. The second-order valence-corrected chi connectivity index (χ2v) is 5.81. The molecule has 0 radical (unpaired) electrons. The average molecular weight is 340 g/mol. The van der Waals surface area contributed by atoms with Gasteiger partial charge in [0.25, 0.3) is 0 Å². The number of carbonyl (C=O) groups excluding carboxylic acids is 2. The van der Waals surface area contributed by atoms with Gasteiger partial charge in [0.1, 0.15) is 6.04 Å². The Balaban J connectivity index is 2.36. The smallest absolute Gasteiger partial charge is 0.249 e. The van der Waals surface area contributed by atoms with E-state index in [0.717, 1.165) is 15.7 Å². The van der Waals surface area contributed by atoms with Crippen LogP contribution in [-0.2, 0) is 9.59 Å². The molecule has 1 saturated heterocycles. The summed E-state index contributed by atoms with van der Waals surface area (Å²) in [7, 11) is 0. The highest BCUT2D eigenvalue weighted by Crippen LogP contribution is 2.29. The van der Waals surface area contributed by atoms with Crippen molar-refractivity contribution in [1.82, 2.24) is 5.32 Å². The number of rotatable bonds is 3. The third-order valence-corrected chi connectivity index (χ3v) is 4.14. The highest BCUT2D eigenvalue weighted by Gasteiger charge is 2.32. The number of benzene rings is 1. The van der Waals surface area contributed by atoms with E-state index in [1.165, 1.54) is 0 Å². The molecule has 0 spiro atoms. The monoisotopic (exact) mass is 339 g/mol. The minimum Gasteiger partial charge on any atom is -0.350 e. The van der Waals surface area contributed by atoms with Gasteiger partial charge in [-0.2, -0.15) is 0 Å². The van der Waals surface area contributed by atoms with E-state index >= 15 is 0 Å². The zero-order chi connectivity index (χ0) is 14.9. The molecule has 2 amide bonds. The van der Waals surface area contributed by atoms with E-state index in [1.807, 2.05) is 36.9 Å². The molecule has 1 aliphatic rings. The third kappa shape index (κ3) is 2.86. The summed E-state index contributed by atoms with van der Waals surface area (Å²) in [5, 5.41) is 2.37. The zero-order valence-corrected chi connectivity index (χ0v) is 13.1. The lowest BCUT2D eigenvalue weighted by molar-refractivity contribution is -0.132. The second-order valence-electron chi connectivity index (χ2n) is 4.96. The van der Waals surface area contributed by atoms with Crippen LogP contribution in [0.2, 0.25) is 0 Å². The van der Waals surface area contributed by atoms with E-state index in [9.17, 15) is 9.59 Å². The summed E-state index contributed by atoms with van der Waals surface area (Å²) in [6.45, 7) is 4.03. The molecule has 0 aliphatic carbocycles. The van der Waals surface area contributed by atoms with Crippen molar-refractivity contribution in [1.29, 1.82) is 0 Å². The van der Waals surface area contributed by atoms with E-state index in [0.29, 0.717) is 6.42 Å². The standard InChI is InChI=1S/C14H18BrN3O2/c1-3-12-14(20)17-13(19)7-18(12)9-4-5-10(8(2)16)11(15)6-9/h4-6,8,12H,3,7,16H2,1-2H3,(H,17,19,20)/t8-,12?/m0/s1. The number of carbonyl (C=O) groups is 2. The molecule has 1 fully saturated rings. The predicted molar refractivity (Wildman–Crippen MR) is 81.3 cm³/mol. The fraction of sp³-hybridized carbons (Fsp3) is 0.429. The lowest BCUT2D eigenvalue weighted by Gasteiger charge is -2.35. The minimum absolute atomic E-state index is 0.0771. The van der Waals surface area contributed by atoms with Crippen LogP contribution in [0.1, 0.15) is 31.9 Å². The first-order valence-corrected chi connectivity index (χ1v) is 7.38. The lowest BCUT2D eigenvalue weighted by atomic mass is 10.1. The van der Waals surface area contributed by atoms with Crippen molar-refractivity contribution < 1.29 is 9.59 Å². The SMILES string of the molecule is CCC1C(=O)NC(=O)CN1c1ccc([C@H](C)N)c(Br)c1. The molecule has 1 aromatic rings. The molecular formula is C14H18BrN3O2. The third-order valence-electron chi connectivity index (χ3n) is 3.45. The number of halogens is 1. The molecule has 6 heteroatoms. The predicted octanol–water partition coefficient (Wildman–Crippen LogP) is 1.71. The van der Waals surface area contributed by atoms with Gasteiger partial charge in [-0.15, -0.1) is 0 Å². The van der Waals surface area contributed by atoms with Gasteiger partial charge in [-0.3, -0.25) is 14.9 Å². The van der Waals surface area contributed by atoms with Crippen LogP contribution in [0.5, 0.6) is 0 Å². The topological polar surface area (TPSA) is 75.4 Å². The van der Waals surface area contributed by atoms with Gasteiger partial charge in [-0.1, -0.05) is 28.9 Å². The Morgan fingerprint density at radius 3 is 2.75 bits per heavy atom. The normalized spacial score (nSPS) is 20.8. The van der Waals surface area contributed by atoms with Gasteiger partial charge in [0.2, 0.25) is 11.8 Å². The summed E-state index contributed by atoms with van der Waals surface area (Å²) < 4.78 is 0.887. The number of imide groups is 1. The van der Waals surface area contributed by atoms with Gasteiger partial charge in [0.05, 0.1) is 6.54 Å². The molecule has 2 atom stereocenters. The van der Waals surface area contributed by atoms with Crippen molar-refractivity contribution in [2.75, 3.05) is 11.4 Å². The van der Waals surface area contributed by atoms with Crippen molar-refractivity contribution in [3.8, 4) is 0 Å². The van der Waals surface area contributed by atoms with E-state index in [4.69, 9.17) is 5.73 Å². The molecule has 1 aliphatic heterocycles. The molecule has 0 saturated carbocycles. The Bertz CT molecular complexity index is 545. The van der Waals surface area contributed by atoms with Crippen LogP contribution in [-0.4, -0.2) is 24.4 Å². The van der Waals surface area contributed by atoms with Gasteiger partial charge in [-0.05, 0) is 31.0 Å². The maximum atomic E-state index is 11.9.